The van der Waals surface area contributed by atoms with Crippen LogP contribution >= 0.6 is 27.3 Å². The number of hydrogen-bond acceptors (Lipinski definition) is 4. The number of carboxylic acids is 1. The number of amides is 2. The van der Waals surface area contributed by atoms with E-state index in [1.807, 2.05) is 11.4 Å². The number of carbonyl (C=O) groups excluding carboxylic acids is 1. The molecule has 1 aromatic rings. The van der Waals surface area contributed by atoms with Crippen molar-refractivity contribution in [1.29, 1.82) is 0 Å². The lowest BCUT2D eigenvalue weighted by Crippen LogP contribution is -2.46. The number of aliphatic carboxylic acids is 1. The lowest BCUT2D eigenvalue weighted by atomic mass is 10.2. The highest BCUT2D eigenvalue weighted by Crippen LogP contribution is 2.19. The Balaban J connectivity index is 2.38. The summed E-state index contributed by atoms with van der Waals surface area (Å²) >= 11 is 4.78. The molecule has 4 N–H and O–H groups in total. The third-order valence-corrected chi connectivity index (χ3v) is 3.76. The number of nitrogens with one attached hydrogen (secondary N) is 2. The van der Waals surface area contributed by atoms with Crippen LogP contribution in [0.1, 0.15) is 11.3 Å². The van der Waals surface area contributed by atoms with E-state index in [1.165, 1.54) is 11.3 Å². The normalized spacial score (nSPS) is 11.9. The molecule has 0 fully saturated rings. The molecule has 0 bridgehead atoms. The third kappa shape index (κ3) is 5.03. The van der Waals surface area contributed by atoms with Gasteiger partial charge in [-0.1, -0.05) is 0 Å². The number of halogens is 1. The van der Waals surface area contributed by atoms with Gasteiger partial charge in [0.15, 0.2) is 0 Å². The van der Waals surface area contributed by atoms with Gasteiger partial charge >= 0.3 is 12.0 Å². The van der Waals surface area contributed by atoms with E-state index in [0.717, 1.165) is 9.35 Å². The standard InChI is InChI=1S/C10H13BrN2O4S/c11-6-3-7(18-5-6)4-12-10(17)13-8(1-2-14)9(15)16/h3,5,8,14H,1-2,4H2,(H,15,16)(H2,12,13,17)/t8-/m1/s1. The number of urea groups is 1. The minimum absolute atomic E-state index is 0.0205. The van der Waals surface area contributed by atoms with Crippen LogP contribution in [0.15, 0.2) is 15.9 Å². The second-order valence-corrected chi connectivity index (χ2v) is 5.37. The highest BCUT2D eigenvalue weighted by Gasteiger charge is 2.18. The Kier molecular flexibility index (Phi) is 6.10. The molecule has 0 unspecified atom stereocenters. The van der Waals surface area contributed by atoms with Crippen LogP contribution in [0.3, 0.4) is 0 Å². The van der Waals surface area contributed by atoms with Crippen LogP contribution in [0.25, 0.3) is 0 Å². The summed E-state index contributed by atoms with van der Waals surface area (Å²) in [5, 5.41) is 24.2. The first-order valence-corrected chi connectivity index (χ1v) is 6.81. The summed E-state index contributed by atoms with van der Waals surface area (Å²) in [4.78, 5) is 23.1. The molecule has 0 saturated heterocycles. The summed E-state index contributed by atoms with van der Waals surface area (Å²) in [6, 6.07) is 0.221. The molecule has 1 heterocycles. The monoisotopic (exact) mass is 336 g/mol. The summed E-state index contributed by atoms with van der Waals surface area (Å²) < 4.78 is 0.938. The Morgan fingerprint density at radius 3 is 2.72 bits per heavy atom. The Morgan fingerprint density at radius 1 is 1.50 bits per heavy atom. The van der Waals surface area contributed by atoms with Gasteiger partial charge in [-0.3, -0.25) is 0 Å². The summed E-state index contributed by atoms with van der Waals surface area (Å²) in [5.41, 5.74) is 0. The predicted octanol–water partition coefficient (Wildman–Crippen LogP) is 1.15. The van der Waals surface area contributed by atoms with Crippen molar-refractivity contribution in [2.75, 3.05) is 6.61 Å². The number of aliphatic hydroxyl groups is 1. The van der Waals surface area contributed by atoms with Gasteiger partial charge < -0.3 is 20.8 Å². The molecule has 0 aliphatic rings. The molecule has 0 aromatic carbocycles. The summed E-state index contributed by atoms with van der Waals surface area (Å²) in [7, 11) is 0. The first-order chi connectivity index (χ1) is 8.52. The van der Waals surface area contributed by atoms with Crippen molar-refractivity contribution < 1.29 is 19.8 Å². The zero-order valence-electron chi connectivity index (χ0n) is 9.35. The molecule has 0 aliphatic heterocycles. The lowest BCUT2D eigenvalue weighted by Gasteiger charge is -2.13. The quantitative estimate of drug-likeness (QED) is 0.626. The first-order valence-electron chi connectivity index (χ1n) is 5.14. The molecule has 18 heavy (non-hydrogen) atoms. The number of carbonyl (C=O) groups is 2. The van der Waals surface area contributed by atoms with Crippen LogP contribution in [0.4, 0.5) is 4.79 Å². The number of rotatable bonds is 6. The maximum absolute atomic E-state index is 11.4. The minimum atomic E-state index is -1.17. The minimum Gasteiger partial charge on any atom is -0.480 e. The Hall–Kier alpha value is -1.12. The Bertz CT molecular complexity index is 424. The Labute approximate surface area is 116 Å². The fourth-order valence-electron chi connectivity index (χ4n) is 1.21. The van der Waals surface area contributed by atoms with E-state index in [4.69, 9.17) is 10.2 Å². The molecule has 1 aromatic heterocycles. The zero-order valence-corrected chi connectivity index (χ0v) is 11.8. The van der Waals surface area contributed by atoms with E-state index < -0.39 is 18.0 Å². The van der Waals surface area contributed by atoms with Crippen molar-refractivity contribution >= 4 is 39.3 Å². The van der Waals surface area contributed by atoms with Crippen molar-refractivity contribution in [3.8, 4) is 0 Å². The van der Waals surface area contributed by atoms with E-state index in [0.29, 0.717) is 6.54 Å². The van der Waals surface area contributed by atoms with Crippen LogP contribution in [0.2, 0.25) is 0 Å². The van der Waals surface area contributed by atoms with Gasteiger partial charge in [-0.05, 0) is 22.0 Å². The molecule has 100 valence electrons. The number of thiophene rings is 1. The van der Waals surface area contributed by atoms with Gasteiger partial charge in [0, 0.05) is 27.8 Å². The average molecular weight is 337 g/mol. The van der Waals surface area contributed by atoms with E-state index in [2.05, 4.69) is 26.6 Å². The van der Waals surface area contributed by atoms with Gasteiger partial charge in [0.1, 0.15) is 6.04 Å². The third-order valence-electron chi connectivity index (χ3n) is 2.07. The van der Waals surface area contributed by atoms with E-state index in [1.54, 1.807) is 0 Å². The smallest absolute Gasteiger partial charge is 0.326 e. The summed E-state index contributed by atoms with van der Waals surface area (Å²) in [6.45, 7) is 0.0304. The molecular weight excluding hydrogens is 324 g/mol. The SMILES string of the molecule is O=C(NCc1cc(Br)cs1)N[C@H](CCO)C(=O)O. The van der Waals surface area contributed by atoms with Crippen LogP contribution < -0.4 is 10.6 Å². The maximum Gasteiger partial charge on any atom is 0.326 e. The van der Waals surface area contributed by atoms with E-state index >= 15 is 0 Å². The van der Waals surface area contributed by atoms with Crippen molar-refractivity contribution in [2.24, 2.45) is 0 Å². The molecule has 6 nitrogen and oxygen atoms in total. The van der Waals surface area contributed by atoms with E-state index in [9.17, 15) is 9.59 Å². The van der Waals surface area contributed by atoms with Gasteiger partial charge in [0.05, 0.1) is 6.54 Å². The molecule has 0 spiro atoms. The molecule has 2 amide bonds. The highest BCUT2D eigenvalue weighted by atomic mass is 79.9. The van der Waals surface area contributed by atoms with E-state index in [-0.39, 0.29) is 13.0 Å². The molecule has 0 aliphatic carbocycles. The van der Waals surface area contributed by atoms with Gasteiger partial charge in [-0.2, -0.15) is 0 Å². The van der Waals surface area contributed by atoms with Crippen LogP contribution in [-0.2, 0) is 11.3 Å². The van der Waals surface area contributed by atoms with Crippen molar-refractivity contribution in [3.05, 3.63) is 20.8 Å². The number of aliphatic hydroxyl groups excluding tert-OH is 1. The van der Waals surface area contributed by atoms with Crippen molar-refractivity contribution in [3.63, 3.8) is 0 Å². The maximum atomic E-state index is 11.4. The molecular formula is C10H13BrN2O4S. The molecule has 0 radical (unpaired) electrons. The van der Waals surface area contributed by atoms with Crippen LogP contribution in [0.5, 0.6) is 0 Å². The predicted molar refractivity (Wildman–Crippen MR) is 70.5 cm³/mol. The van der Waals surface area contributed by atoms with Gasteiger partial charge in [-0.25, -0.2) is 9.59 Å². The fourth-order valence-corrected chi connectivity index (χ4v) is 2.60. The Morgan fingerprint density at radius 2 is 2.22 bits per heavy atom. The van der Waals surface area contributed by atoms with Crippen molar-refractivity contribution in [1.82, 2.24) is 10.6 Å². The van der Waals surface area contributed by atoms with Gasteiger partial charge in [-0.15, -0.1) is 11.3 Å². The molecule has 0 saturated carbocycles. The largest absolute Gasteiger partial charge is 0.480 e. The van der Waals surface area contributed by atoms with Crippen molar-refractivity contribution in [2.45, 2.75) is 19.0 Å². The topological polar surface area (TPSA) is 98.7 Å². The second kappa shape index (κ2) is 7.34. The fraction of sp³-hybridized carbons (Fsp3) is 0.400. The summed E-state index contributed by atoms with van der Waals surface area (Å²) in [6.07, 6.45) is -0.0205. The number of hydrogen-bond donors (Lipinski definition) is 4. The average Bonchev–Trinajstić information content (AvgIpc) is 2.72. The van der Waals surface area contributed by atoms with Gasteiger partial charge in [0.25, 0.3) is 0 Å². The molecule has 8 heteroatoms. The van der Waals surface area contributed by atoms with Gasteiger partial charge in [0.2, 0.25) is 0 Å². The summed E-state index contributed by atoms with van der Waals surface area (Å²) in [5.74, 6) is -1.17. The van der Waals surface area contributed by atoms with Crippen LogP contribution in [-0.4, -0.2) is 34.9 Å². The molecule has 1 rings (SSSR count). The molecule has 1 atom stereocenters. The lowest BCUT2D eigenvalue weighted by molar-refractivity contribution is -0.139. The first kappa shape index (κ1) is 14.9. The van der Waals surface area contributed by atoms with Crippen LogP contribution in [0, 0.1) is 0 Å². The number of carboxylic acid groups (broad SMARTS) is 1. The zero-order chi connectivity index (χ0) is 13.5. The highest BCUT2D eigenvalue weighted by molar-refractivity contribution is 9.10. The second-order valence-electron chi connectivity index (χ2n) is 3.46.